The number of aliphatic hydroxyl groups is 1. The lowest BCUT2D eigenvalue weighted by Gasteiger charge is -2.28. The van der Waals surface area contributed by atoms with Gasteiger partial charge in [0, 0.05) is 26.2 Å². The Labute approximate surface area is 92.2 Å². The van der Waals surface area contributed by atoms with E-state index >= 15 is 0 Å². The summed E-state index contributed by atoms with van der Waals surface area (Å²) < 4.78 is 10.6. The van der Waals surface area contributed by atoms with Gasteiger partial charge in [-0.05, 0) is 6.42 Å². The molecule has 4 nitrogen and oxygen atoms in total. The fourth-order valence-electron chi connectivity index (χ4n) is 1.60. The molecular weight excluding hydrogens is 194 g/mol. The number of morpholine rings is 1. The molecular formula is C11H23NO3. The first-order chi connectivity index (χ1) is 7.33. The maximum absolute atomic E-state index is 9.69. The quantitative estimate of drug-likeness (QED) is 0.630. The Kier molecular flexibility index (Phi) is 6.92. The van der Waals surface area contributed by atoms with Gasteiger partial charge >= 0.3 is 0 Å². The van der Waals surface area contributed by atoms with Crippen LogP contribution in [0.15, 0.2) is 0 Å². The molecule has 0 radical (unpaired) electrons. The largest absolute Gasteiger partial charge is 0.389 e. The van der Waals surface area contributed by atoms with Gasteiger partial charge in [0.15, 0.2) is 0 Å². The lowest BCUT2D eigenvalue weighted by molar-refractivity contribution is -0.0144. The van der Waals surface area contributed by atoms with Crippen LogP contribution in [-0.2, 0) is 9.47 Å². The molecule has 1 aliphatic rings. The van der Waals surface area contributed by atoms with E-state index in [1.165, 1.54) is 0 Å². The zero-order chi connectivity index (χ0) is 10.9. The van der Waals surface area contributed by atoms with Gasteiger partial charge in [0.25, 0.3) is 0 Å². The van der Waals surface area contributed by atoms with E-state index in [1.54, 1.807) is 0 Å². The number of β-amino-alcohol motifs (C(OH)–C–C–N with tert-alkyl or cyclic N) is 1. The van der Waals surface area contributed by atoms with Gasteiger partial charge in [0.2, 0.25) is 0 Å². The lowest BCUT2D eigenvalue weighted by atomic mass is 10.3. The summed E-state index contributed by atoms with van der Waals surface area (Å²) in [4.78, 5) is 2.22. The predicted octanol–water partition coefficient (Wildman–Crippen LogP) is 0.496. The fourth-order valence-corrected chi connectivity index (χ4v) is 1.60. The highest BCUT2D eigenvalue weighted by Gasteiger charge is 2.14. The fraction of sp³-hybridized carbons (Fsp3) is 1.00. The van der Waals surface area contributed by atoms with Crippen molar-refractivity contribution in [1.29, 1.82) is 0 Å². The molecule has 1 aliphatic heterocycles. The lowest BCUT2D eigenvalue weighted by Crippen LogP contribution is -2.42. The smallest absolute Gasteiger partial charge is 0.0900 e. The third-order valence-corrected chi connectivity index (χ3v) is 2.53. The van der Waals surface area contributed by atoms with Crippen LogP contribution in [0, 0.1) is 0 Å². The number of unbranched alkanes of at least 4 members (excludes halogenated alkanes) is 1. The summed E-state index contributed by atoms with van der Waals surface area (Å²) in [6, 6.07) is 0. The van der Waals surface area contributed by atoms with E-state index in [1.807, 2.05) is 0 Å². The Bertz CT molecular complexity index is 149. The Morgan fingerprint density at radius 1 is 1.40 bits per heavy atom. The highest BCUT2D eigenvalue weighted by atomic mass is 16.5. The molecule has 0 saturated carbocycles. The van der Waals surface area contributed by atoms with Crippen molar-refractivity contribution in [3.05, 3.63) is 0 Å². The molecule has 1 saturated heterocycles. The molecule has 15 heavy (non-hydrogen) atoms. The zero-order valence-corrected chi connectivity index (χ0v) is 9.65. The van der Waals surface area contributed by atoms with Crippen molar-refractivity contribution >= 4 is 0 Å². The predicted molar refractivity (Wildman–Crippen MR) is 59.0 cm³/mol. The summed E-state index contributed by atoms with van der Waals surface area (Å²) in [6.45, 7) is 7.46. The third-order valence-electron chi connectivity index (χ3n) is 2.53. The second kappa shape index (κ2) is 8.05. The van der Waals surface area contributed by atoms with E-state index in [0.717, 1.165) is 45.8 Å². The van der Waals surface area contributed by atoms with Crippen molar-refractivity contribution in [3.8, 4) is 0 Å². The Hall–Kier alpha value is -0.160. The summed E-state index contributed by atoms with van der Waals surface area (Å²) in [5.74, 6) is 0. The molecule has 0 aliphatic carbocycles. The molecule has 0 aromatic heterocycles. The Morgan fingerprint density at radius 2 is 2.13 bits per heavy atom. The van der Waals surface area contributed by atoms with Gasteiger partial charge in [-0.2, -0.15) is 0 Å². The molecule has 1 atom stereocenters. The minimum absolute atomic E-state index is 0.361. The van der Waals surface area contributed by atoms with Gasteiger partial charge < -0.3 is 14.6 Å². The standard InChI is InChI=1S/C11H23NO3/c1-2-3-6-15-10-11(13)9-12-4-7-14-8-5-12/h11,13H,2-10H2,1H3. The third kappa shape index (κ3) is 6.10. The highest BCUT2D eigenvalue weighted by molar-refractivity contribution is 4.66. The van der Waals surface area contributed by atoms with E-state index in [0.29, 0.717) is 13.2 Å². The molecule has 0 bridgehead atoms. The van der Waals surface area contributed by atoms with Crippen molar-refractivity contribution in [2.75, 3.05) is 46.1 Å². The average Bonchev–Trinajstić information content (AvgIpc) is 2.26. The van der Waals surface area contributed by atoms with Crippen LogP contribution in [0.5, 0.6) is 0 Å². The van der Waals surface area contributed by atoms with Crippen molar-refractivity contribution in [3.63, 3.8) is 0 Å². The molecule has 0 aromatic carbocycles. The number of hydrogen-bond acceptors (Lipinski definition) is 4. The summed E-state index contributed by atoms with van der Waals surface area (Å²) in [6.07, 6.45) is 1.85. The van der Waals surface area contributed by atoms with E-state index in [2.05, 4.69) is 11.8 Å². The summed E-state index contributed by atoms with van der Waals surface area (Å²) in [7, 11) is 0. The molecule has 1 unspecified atom stereocenters. The first-order valence-electron chi connectivity index (χ1n) is 5.89. The van der Waals surface area contributed by atoms with Crippen molar-refractivity contribution < 1.29 is 14.6 Å². The highest BCUT2D eigenvalue weighted by Crippen LogP contribution is 1.99. The van der Waals surface area contributed by atoms with E-state index in [4.69, 9.17) is 9.47 Å². The molecule has 0 spiro atoms. The molecule has 1 heterocycles. The van der Waals surface area contributed by atoms with Crippen LogP contribution >= 0.6 is 0 Å². The van der Waals surface area contributed by atoms with Crippen LogP contribution in [0.3, 0.4) is 0 Å². The van der Waals surface area contributed by atoms with Crippen LogP contribution in [0.2, 0.25) is 0 Å². The van der Waals surface area contributed by atoms with Crippen LogP contribution in [0.1, 0.15) is 19.8 Å². The van der Waals surface area contributed by atoms with E-state index in [-0.39, 0.29) is 6.10 Å². The zero-order valence-electron chi connectivity index (χ0n) is 9.65. The van der Waals surface area contributed by atoms with Gasteiger partial charge in [0.05, 0.1) is 25.9 Å². The maximum Gasteiger partial charge on any atom is 0.0900 e. The normalized spacial score (nSPS) is 20.4. The van der Waals surface area contributed by atoms with Gasteiger partial charge in [0.1, 0.15) is 0 Å². The Balaban J connectivity index is 1.98. The van der Waals surface area contributed by atoms with Gasteiger partial charge in [-0.25, -0.2) is 0 Å². The number of hydrogen-bond donors (Lipinski definition) is 1. The average molecular weight is 217 g/mol. The van der Waals surface area contributed by atoms with Gasteiger partial charge in [-0.3, -0.25) is 4.90 Å². The van der Waals surface area contributed by atoms with Crippen LogP contribution in [-0.4, -0.2) is 62.2 Å². The topological polar surface area (TPSA) is 41.9 Å². The number of aliphatic hydroxyl groups excluding tert-OH is 1. The minimum Gasteiger partial charge on any atom is -0.389 e. The maximum atomic E-state index is 9.69. The number of rotatable bonds is 7. The summed E-state index contributed by atoms with van der Waals surface area (Å²) in [5, 5.41) is 9.69. The van der Waals surface area contributed by atoms with Crippen LogP contribution < -0.4 is 0 Å². The second-order valence-corrected chi connectivity index (χ2v) is 4.00. The van der Waals surface area contributed by atoms with Crippen LogP contribution in [0.25, 0.3) is 0 Å². The van der Waals surface area contributed by atoms with Crippen molar-refractivity contribution in [1.82, 2.24) is 4.90 Å². The molecule has 90 valence electrons. The molecule has 0 amide bonds. The second-order valence-electron chi connectivity index (χ2n) is 4.00. The number of nitrogens with zero attached hydrogens (tertiary/aromatic N) is 1. The number of ether oxygens (including phenoxy) is 2. The molecule has 1 rings (SSSR count). The summed E-state index contributed by atoms with van der Waals surface area (Å²) >= 11 is 0. The minimum atomic E-state index is -0.361. The molecule has 4 heteroatoms. The SMILES string of the molecule is CCCCOCC(O)CN1CCOCC1. The molecule has 1 N–H and O–H groups in total. The van der Waals surface area contributed by atoms with Crippen molar-refractivity contribution in [2.45, 2.75) is 25.9 Å². The summed E-state index contributed by atoms with van der Waals surface area (Å²) in [5.41, 5.74) is 0. The van der Waals surface area contributed by atoms with Gasteiger partial charge in [-0.1, -0.05) is 13.3 Å². The first-order valence-corrected chi connectivity index (χ1v) is 5.89. The first kappa shape index (κ1) is 12.9. The van der Waals surface area contributed by atoms with E-state index in [9.17, 15) is 5.11 Å². The molecule has 0 aromatic rings. The van der Waals surface area contributed by atoms with Crippen molar-refractivity contribution in [2.24, 2.45) is 0 Å². The monoisotopic (exact) mass is 217 g/mol. The van der Waals surface area contributed by atoms with E-state index < -0.39 is 0 Å². The Morgan fingerprint density at radius 3 is 2.80 bits per heavy atom. The molecule has 1 fully saturated rings. The van der Waals surface area contributed by atoms with Gasteiger partial charge in [-0.15, -0.1) is 0 Å². The van der Waals surface area contributed by atoms with Crippen LogP contribution in [0.4, 0.5) is 0 Å².